The largest absolute Gasteiger partial charge is 0.382 e. The third-order valence-corrected chi connectivity index (χ3v) is 7.77. The summed E-state index contributed by atoms with van der Waals surface area (Å²) in [5, 5.41) is 1.32. The lowest BCUT2D eigenvalue weighted by molar-refractivity contribution is 0.213. The highest BCUT2D eigenvalue weighted by atomic mass is 35.5. The van der Waals surface area contributed by atoms with Crippen molar-refractivity contribution >= 4 is 34.2 Å². The summed E-state index contributed by atoms with van der Waals surface area (Å²) < 4.78 is 0. The fourth-order valence-electron chi connectivity index (χ4n) is 3.54. The molecule has 0 aliphatic carbocycles. The topological polar surface area (TPSA) is 77.3 Å². The van der Waals surface area contributed by atoms with Crippen molar-refractivity contribution in [2.45, 2.75) is 111 Å². The second-order valence-corrected chi connectivity index (χ2v) is 10.4. The van der Waals surface area contributed by atoms with Crippen molar-refractivity contribution in [3.63, 3.8) is 0 Å². The molecule has 0 fully saturated rings. The summed E-state index contributed by atoms with van der Waals surface area (Å²) in [6.45, 7) is 18.0. The summed E-state index contributed by atoms with van der Waals surface area (Å²) in [5.41, 5.74) is 14.4. The number of hydrogen-bond donors (Lipinski definition) is 2. The van der Waals surface area contributed by atoms with Gasteiger partial charge in [-0.1, -0.05) is 102 Å². The molecule has 1 aromatic heterocycles. The monoisotopic (exact) mass is 508 g/mol. The minimum absolute atomic E-state index is 0.332. The molecule has 0 saturated carbocycles. The number of halogens is 1. The van der Waals surface area contributed by atoms with Crippen LogP contribution >= 0.6 is 23.4 Å². The first kappa shape index (κ1) is 32.7. The van der Waals surface area contributed by atoms with Crippen LogP contribution < -0.4 is 11.5 Å². The smallest absolute Gasteiger partial charge is 0.143 e. The standard InChI is InChI=1S/C15H20ClN3S.C13H29N/c1-5-10(3)9-19-15(11(4)6-2)20-12-7-8-18-14(17)13(12)16;1-4-7-10-13(12-14,9-6-3)11-8-5-2/h7-9H,4-6H2,1-3H3,(H2,17,18);4-12,14H2,1-3H3/b10-9-,19-15?;. The molecule has 0 aromatic carbocycles. The van der Waals surface area contributed by atoms with Crippen LogP contribution in [0.4, 0.5) is 5.82 Å². The molecule has 1 aromatic rings. The van der Waals surface area contributed by atoms with Crippen LogP contribution in [-0.4, -0.2) is 16.6 Å². The van der Waals surface area contributed by atoms with Gasteiger partial charge >= 0.3 is 0 Å². The van der Waals surface area contributed by atoms with Gasteiger partial charge in [0.1, 0.15) is 10.9 Å². The SMILES string of the molecule is C=C(CC)C(=N/C=C(/C)CC)Sc1ccnc(N)c1Cl.CCCCC(CN)(CCC)CCCC. The Morgan fingerprint density at radius 2 is 1.71 bits per heavy atom. The number of allylic oxidation sites excluding steroid dienone is 1. The lowest BCUT2D eigenvalue weighted by Crippen LogP contribution is -2.30. The summed E-state index contributed by atoms with van der Waals surface area (Å²) in [7, 11) is 0. The van der Waals surface area contributed by atoms with E-state index in [-0.39, 0.29) is 0 Å². The Kier molecular flexibility index (Phi) is 18.2. The van der Waals surface area contributed by atoms with E-state index in [0.717, 1.165) is 34.9 Å². The molecule has 1 heterocycles. The Morgan fingerprint density at radius 3 is 2.18 bits per heavy atom. The number of hydrogen-bond acceptors (Lipinski definition) is 5. The quantitative estimate of drug-likeness (QED) is 0.149. The Hall–Kier alpha value is -1.30. The van der Waals surface area contributed by atoms with Gasteiger partial charge < -0.3 is 11.5 Å². The van der Waals surface area contributed by atoms with E-state index < -0.39 is 0 Å². The number of anilines is 1. The van der Waals surface area contributed by atoms with E-state index in [0.29, 0.717) is 16.3 Å². The zero-order valence-electron chi connectivity index (χ0n) is 22.6. The van der Waals surface area contributed by atoms with Crippen molar-refractivity contribution in [1.82, 2.24) is 4.98 Å². The van der Waals surface area contributed by atoms with Crippen LogP contribution in [0.3, 0.4) is 0 Å². The van der Waals surface area contributed by atoms with Crippen molar-refractivity contribution in [3.05, 3.63) is 41.2 Å². The van der Waals surface area contributed by atoms with Crippen LogP contribution in [-0.2, 0) is 0 Å². The van der Waals surface area contributed by atoms with E-state index in [2.05, 4.69) is 58.1 Å². The molecule has 0 bridgehead atoms. The number of nitrogens with zero attached hydrogens (tertiary/aromatic N) is 2. The molecule has 0 atom stereocenters. The summed E-state index contributed by atoms with van der Waals surface area (Å²) >= 11 is 7.64. The zero-order chi connectivity index (χ0) is 26.0. The van der Waals surface area contributed by atoms with E-state index >= 15 is 0 Å². The van der Waals surface area contributed by atoms with Gasteiger partial charge in [0.05, 0.1) is 5.02 Å². The number of thioether (sulfide) groups is 1. The molecule has 6 heteroatoms. The molecule has 4 N–H and O–H groups in total. The summed E-state index contributed by atoms with van der Waals surface area (Å²) in [5.74, 6) is 0.332. The van der Waals surface area contributed by atoms with Gasteiger partial charge in [-0.05, 0) is 62.6 Å². The molecular formula is C28H49ClN4S. The molecule has 194 valence electrons. The molecule has 0 spiro atoms. The lowest BCUT2D eigenvalue weighted by atomic mass is 9.75. The van der Waals surface area contributed by atoms with Gasteiger partial charge in [-0.3, -0.25) is 0 Å². The molecular weight excluding hydrogens is 460 g/mol. The summed E-state index contributed by atoms with van der Waals surface area (Å²) in [6.07, 6.45) is 15.9. The lowest BCUT2D eigenvalue weighted by Gasteiger charge is -2.32. The normalized spacial score (nSPS) is 12.4. The van der Waals surface area contributed by atoms with Gasteiger partial charge in [0.25, 0.3) is 0 Å². The molecule has 0 amide bonds. The van der Waals surface area contributed by atoms with Crippen LogP contribution in [0.2, 0.25) is 5.02 Å². The first-order valence-electron chi connectivity index (χ1n) is 12.9. The van der Waals surface area contributed by atoms with Crippen LogP contribution in [0.15, 0.2) is 46.1 Å². The number of pyridine rings is 1. The zero-order valence-corrected chi connectivity index (χ0v) is 24.1. The number of nitrogen functional groups attached to an aromatic ring is 1. The Bertz CT molecular complexity index is 766. The maximum absolute atomic E-state index is 6.17. The predicted molar refractivity (Wildman–Crippen MR) is 156 cm³/mol. The van der Waals surface area contributed by atoms with Crippen molar-refractivity contribution < 1.29 is 0 Å². The molecule has 0 saturated heterocycles. The Morgan fingerprint density at radius 1 is 1.09 bits per heavy atom. The van der Waals surface area contributed by atoms with Gasteiger partial charge in [0.15, 0.2) is 0 Å². The molecule has 0 radical (unpaired) electrons. The van der Waals surface area contributed by atoms with E-state index in [1.165, 1.54) is 68.7 Å². The van der Waals surface area contributed by atoms with Gasteiger partial charge in [-0.15, -0.1) is 0 Å². The van der Waals surface area contributed by atoms with E-state index in [1.807, 2.05) is 12.3 Å². The van der Waals surface area contributed by atoms with Crippen molar-refractivity contribution in [2.75, 3.05) is 12.3 Å². The van der Waals surface area contributed by atoms with Gasteiger partial charge in [-0.2, -0.15) is 0 Å². The predicted octanol–water partition coefficient (Wildman–Crippen LogP) is 9.20. The maximum Gasteiger partial charge on any atom is 0.143 e. The Labute approximate surface area is 219 Å². The van der Waals surface area contributed by atoms with E-state index in [4.69, 9.17) is 23.1 Å². The first-order chi connectivity index (χ1) is 16.2. The highest BCUT2D eigenvalue weighted by Gasteiger charge is 2.25. The van der Waals surface area contributed by atoms with E-state index in [1.54, 1.807) is 6.20 Å². The van der Waals surface area contributed by atoms with Crippen LogP contribution in [0.1, 0.15) is 106 Å². The fraction of sp³-hybridized carbons (Fsp3) is 0.643. The fourth-order valence-corrected chi connectivity index (χ4v) is 4.69. The van der Waals surface area contributed by atoms with Crippen LogP contribution in [0.5, 0.6) is 0 Å². The highest BCUT2D eigenvalue weighted by molar-refractivity contribution is 8.14. The average Bonchev–Trinajstić information content (AvgIpc) is 2.85. The highest BCUT2D eigenvalue weighted by Crippen LogP contribution is 2.35. The van der Waals surface area contributed by atoms with Gasteiger partial charge in [0.2, 0.25) is 0 Å². The average molecular weight is 509 g/mol. The second kappa shape index (κ2) is 19.0. The Balaban J connectivity index is 0.000000686. The minimum Gasteiger partial charge on any atom is -0.382 e. The number of rotatable bonds is 14. The third-order valence-electron chi connectivity index (χ3n) is 6.11. The van der Waals surface area contributed by atoms with Crippen LogP contribution in [0.25, 0.3) is 0 Å². The van der Waals surface area contributed by atoms with Crippen molar-refractivity contribution in [3.8, 4) is 0 Å². The summed E-state index contributed by atoms with van der Waals surface area (Å²) in [4.78, 5) is 9.33. The van der Waals surface area contributed by atoms with E-state index in [9.17, 15) is 0 Å². The second-order valence-electron chi connectivity index (χ2n) is 8.99. The molecule has 0 unspecified atom stereocenters. The number of aromatic nitrogens is 1. The molecule has 0 aliphatic rings. The molecule has 0 aliphatic heterocycles. The third kappa shape index (κ3) is 12.4. The number of unbranched alkanes of at least 4 members (excludes halogenated alkanes) is 2. The van der Waals surface area contributed by atoms with Gasteiger partial charge in [-0.25, -0.2) is 9.98 Å². The number of aliphatic imine (C=N–C) groups is 1. The number of nitrogens with two attached hydrogens (primary N) is 2. The van der Waals surface area contributed by atoms with Crippen LogP contribution in [0, 0.1) is 5.41 Å². The molecule has 4 nitrogen and oxygen atoms in total. The first-order valence-corrected chi connectivity index (χ1v) is 14.1. The summed E-state index contributed by atoms with van der Waals surface area (Å²) in [6, 6.07) is 1.83. The molecule has 1 rings (SSSR count). The van der Waals surface area contributed by atoms with Gasteiger partial charge in [0, 0.05) is 17.3 Å². The molecule has 34 heavy (non-hydrogen) atoms. The van der Waals surface area contributed by atoms with Crippen molar-refractivity contribution in [2.24, 2.45) is 16.1 Å². The van der Waals surface area contributed by atoms with Crippen molar-refractivity contribution in [1.29, 1.82) is 0 Å². The minimum atomic E-state index is 0.332. The maximum atomic E-state index is 6.17.